The number of ether oxygens (including phenoxy) is 2. The smallest absolute Gasteiger partial charge is 0.339 e. The summed E-state index contributed by atoms with van der Waals surface area (Å²) in [6, 6.07) is 6.20. The van der Waals surface area contributed by atoms with Gasteiger partial charge in [0.15, 0.2) is 6.29 Å². The molecule has 0 aliphatic rings. The van der Waals surface area contributed by atoms with Crippen LogP contribution in [0.4, 0.5) is 0 Å². The third kappa shape index (κ3) is 4.54. The van der Waals surface area contributed by atoms with Crippen molar-refractivity contribution >= 4 is 18.2 Å². The van der Waals surface area contributed by atoms with Gasteiger partial charge in [0.2, 0.25) is 0 Å². The Hall–Kier alpha value is -2.17. The van der Waals surface area contributed by atoms with Crippen LogP contribution >= 0.6 is 0 Å². The van der Waals surface area contributed by atoms with Crippen LogP contribution in [0.15, 0.2) is 24.3 Å². The molecule has 1 aromatic rings. The van der Waals surface area contributed by atoms with E-state index in [0.29, 0.717) is 12.9 Å². The molecule has 1 aromatic carbocycles. The summed E-state index contributed by atoms with van der Waals surface area (Å²) in [4.78, 5) is 33.7. The summed E-state index contributed by atoms with van der Waals surface area (Å²) in [5.74, 6) is -1.28. The van der Waals surface area contributed by atoms with Crippen LogP contribution in [-0.2, 0) is 14.3 Å². The highest BCUT2D eigenvalue weighted by Gasteiger charge is 2.18. The summed E-state index contributed by atoms with van der Waals surface area (Å²) >= 11 is 0. The maximum absolute atomic E-state index is 11.8. The van der Waals surface area contributed by atoms with Crippen molar-refractivity contribution in [1.82, 2.24) is 0 Å². The summed E-state index contributed by atoms with van der Waals surface area (Å²) in [5, 5.41) is 0. The van der Waals surface area contributed by atoms with Gasteiger partial charge in [-0.3, -0.25) is 4.79 Å². The van der Waals surface area contributed by atoms with Crippen molar-refractivity contribution in [2.45, 2.75) is 19.8 Å². The van der Waals surface area contributed by atoms with Crippen LogP contribution in [0, 0.1) is 0 Å². The zero-order valence-corrected chi connectivity index (χ0v) is 10.8. The second kappa shape index (κ2) is 8.02. The molecule has 0 spiro atoms. The molecule has 1 rings (SSSR count). The van der Waals surface area contributed by atoms with Crippen LogP contribution in [0.1, 0.15) is 40.5 Å². The number of aldehydes is 1. The molecule has 0 bridgehead atoms. The van der Waals surface area contributed by atoms with Gasteiger partial charge < -0.3 is 9.47 Å². The minimum absolute atomic E-state index is 0.103. The van der Waals surface area contributed by atoms with Crippen LogP contribution in [0.25, 0.3) is 0 Å². The van der Waals surface area contributed by atoms with Gasteiger partial charge >= 0.3 is 11.9 Å². The summed E-state index contributed by atoms with van der Waals surface area (Å²) in [6.45, 7) is 1.96. The van der Waals surface area contributed by atoms with E-state index in [1.54, 1.807) is 12.1 Å². The number of carbonyl (C=O) groups excluding carboxylic acids is 3. The van der Waals surface area contributed by atoms with Crippen LogP contribution in [0.3, 0.4) is 0 Å². The summed E-state index contributed by atoms with van der Waals surface area (Å²) in [5.41, 5.74) is 0.250. The molecular formula is C14H16O5. The first kappa shape index (κ1) is 14.9. The Labute approximate surface area is 111 Å². The zero-order valence-electron chi connectivity index (χ0n) is 10.8. The molecular weight excluding hydrogens is 248 g/mol. The van der Waals surface area contributed by atoms with E-state index in [1.165, 1.54) is 12.1 Å². The first-order chi connectivity index (χ1) is 9.20. The van der Waals surface area contributed by atoms with E-state index in [4.69, 9.17) is 4.74 Å². The molecule has 0 aliphatic heterocycles. The molecule has 0 radical (unpaired) electrons. The molecule has 5 nitrogen and oxygen atoms in total. The van der Waals surface area contributed by atoms with Crippen LogP contribution in [0.2, 0.25) is 0 Å². The summed E-state index contributed by atoms with van der Waals surface area (Å²) in [7, 11) is 0. The van der Waals surface area contributed by atoms with Gasteiger partial charge in [0.1, 0.15) is 6.61 Å². The normalized spacial score (nSPS) is 9.74. The highest BCUT2D eigenvalue weighted by atomic mass is 16.5. The lowest BCUT2D eigenvalue weighted by molar-refractivity contribution is -0.110. The quantitative estimate of drug-likeness (QED) is 0.428. The third-order valence-electron chi connectivity index (χ3n) is 2.38. The topological polar surface area (TPSA) is 69.7 Å². The maximum atomic E-state index is 11.8. The molecule has 102 valence electrons. The Bertz CT molecular complexity index is 453. The lowest BCUT2D eigenvalue weighted by Crippen LogP contribution is -2.15. The average Bonchev–Trinajstić information content (AvgIpc) is 2.45. The van der Waals surface area contributed by atoms with Crippen molar-refractivity contribution in [3.8, 4) is 0 Å². The molecule has 0 saturated heterocycles. The van der Waals surface area contributed by atoms with E-state index in [1.807, 2.05) is 6.92 Å². The molecule has 0 N–H and O–H groups in total. The zero-order chi connectivity index (χ0) is 14.1. The van der Waals surface area contributed by atoms with E-state index in [-0.39, 0.29) is 17.7 Å². The standard InChI is InChI=1S/C14H16O5/c1-2-3-9-18-13(16)11-6-4-5-7-12(11)14(17)19-10-8-15/h4-8H,2-3,9-10H2,1H3. The number of unbranched alkanes of at least 4 members (excludes halogenated alkanes) is 1. The van der Waals surface area contributed by atoms with Gasteiger partial charge in [0.25, 0.3) is 0 Å². The fraction of sp³-hybridized carbons (Fsp3) is 0.357. The summed E-state index contributed by atoms with van der Waals surface area (Å²) < 4.78 is 9.73. The second-order valence-corrected chi connectivity index (χ2v) is 3.80. The Kier molecular flexibility index (Phi) is 6.29. The van der Waals surface area contributed by atoms with Gasteiger partial charge in [-0.15, -0.1) is 0 Å². The van der Waals surface area contributed by atoms with Crippen molar-refractivity contribution < 1.29 is 23.9 Å². The third-order valence-corrected chi connectivity index (χ3v) is 2.38. The number of rotatable bonds is 7. The van der Waals surface area contributed by atoms with Gasteiger partial charge in [-0.1, -0.05) is 25.5 Å². The summed E-state index contributed by atoms with van der Waals surface area (Å²) in [6.07, 6.45) is 2.15. The average molecular weight is 264 g/mol. The van der Waals surface area contributed by atoms with Gasteiger partial charge in [-0.05, 0) is 18.6 Å². The van der Waals surface area contributed by atoms with Crippen molar-refractivity contribution in [3.63, 3.8) is 0 Å². The van der Waals surface area contributed by atoms with E-state index in [0.717, 1.165) is 12.8 Å². The van der Waals surface area contributed by atoms with Gasteiger partial charge in [-0.25, -0.2) is 9.59 Å². The number of esters is 2. The van der Waals surface area contributed by atoms with Crippen molar-refractivity contribution in [1.29, 1.82) is 0 Å². The molecule has 0 fully saturated rings. The van der Waals surface area contributed by atoms with Crippen molar-refractivity contribution in [2.75, 3.05) is 13.2 Å². The Morgan fingerprint density at radius 2 is 1.68 bits per heavy atom. The Morgan fingerprint density at radius 3 is 2.21 bits per heavy atom. The molecule has 0 heterocycles. The Balaban J connectivity index is 2.79. The molecule has 0 aromatic heterocycles. The molecule has 0 atom stereocenters. The minimum Gasteiger partial charge on any atom is -0.462 e. The minimum atomic E-state index is -0.713. The number of hydrogen-bond donors (Lipinski definition) is 0. The molecule has 0 unspecified atom stereocenters. The molecule has 0 saturated carbocycles. The highest BCUT2D eigenvalue weighted by molar-refractivity contribution is 6.03. The molecule has 5 heteroatoms. The highest BCUT2D eigenvalue weighted by Crippen LogP contribution is 2.12. The van der Waals surface area contributed by atoms with Crippen molar-refractivity contribution in [2.24, 2.45) is 0 Å². The molecule has 19 heavy (non-hydrogen) atoms. The monoisotopic (exact) mass is 264 g/mol. The molecule has 0 amide bonds. The van der Waals surface area contributed by atoms with Crippen molar-refractivity contribution in [3.05, 3.63) is 35.4 Å². The Morgan fingerprint density at radius 1 is 1.11 bits per heavy atom. The SMILES string of the molecule is CCCCOC(=O)c1ccccc1C(=O)OCC=O. The largest absolute Gasteiger partial charge is 0.462 e. The van der Waals surface area contributed by atoms with E-state index in [9.17, 15) is 14.4 Å². The molecule has 0 aliphatic carbocycles. The van der Waals surface area contributed by atoms with E-state index < -0.39 is 11.9 Å². The lowest BCUT2D eigenvalue weighted by atomic mass is 10.1. The van der Waals surface area contributed by atoms with Crippen LogP contribution < -0.4 is 0 Å². The number of benzene rings is 1. The number of hydrogen-bond acceptors (Lipinski definition) is 5. The second-order valence-electron chi connectivity index (χ2n) is 3.80. The van der Waals surface area contributed by atoms with Gasteiger partial charge in [0.05, 0.1) is 17.7 Å². The predicted molar refractivity (Wildman–Crippen MR) is 68.0 cm³/mol. The fourth-order valence-electron chi connectivity index (χ4n) is 1.41. The van der Waals surface area contributed by atoms with Crippen LogP contribution in [-0.4, -0.2) is 31.4 Å². The first-order valence-corrected chi connectivity index (χ1v) is 6.07. The maximum Gasteiger partial charge on any atom is 0.339 e. The number of carbonyl (C=O) groups is 3. The van der Waals surface area contributed by atoms with Gasteiger partial charge in [-0.2, -0.15) is 0 Å². The van der Waals surface area contributed by atoms with Crippen LogP contribution in [0.5, 0.6) is 0 Å². The van der Waals surface area contributed by atoms with E-state index >= 15 is 0 Å². The first-order valence-electron chi connectivity index (χ1n) is 6.07. The van der Waals surface area contributed by atoms with E-state index in [2.05, 4.69) is 4.74 Å². The lowest BCUT2D eigenvalue weighted by Gasteiger charge is -2.08. The fourth-order valence-corrected chi connectivity index (χ4v) is 1.41. The predicted octanol–water partition coefficient (Wildman–Crippen LogP) is 2.00. The van der Waals surface area contributed by atoms with Gasteiger partial charge in [0, 0.05) is 0 Å².